The van der Waals surface area contributed by atoms with Gasteiger partial charge in [-0.1, -0.05) is 24.3 Å². The third-order valence-electron chi connectivity index (χ3n) is 4.27. The molecule has 1 heterocycles. The SMILES string of the molecule is CC(NCc1cccc(CO)c1)C1CCN(C)CC1. The third kappa shape index (κ3) is 4.30. The first-order valence-electron chi connectivity index (χ1n) is 7.29. The van der Waals surface area contributed by atoms with Gasteiger partial charge in [0.05, 0.1) is 6.61 Å². The van der Waals surface area contributed by atoms with Crippen molar-refractivity contribution in [3.05, 3.63) is 35.4 Å². The Kier molecular flexibility index (Phi) is 5.37. The number of aliphatic hydroxyl groups is 1. The van der Waals surface area contributed by atoms with Crippen LogP contribution in [0.15, 0.2) is 24.3 Å². The number of aliphatic hydroxyl groups excluding tert-OH is 1. The average Bonchev–Trinajstić information content (AvgIpc) is 2.46. The predicted molar refractivity (Wildman–Crippen MR) is 78.9 cm³/mol. The lowest BCUT2D eigenvalue weighted by Gasteiger charge is -2.33. The molecule has 0 amide bonds. The monoisotopic (exact) mass is 262 g/mol. The van der Waals surface area contributed by atoms with Crippen LogP contribution in [0.4, 0.5) is 0 Å². The lowest BCUT2D eigenvalue weighted by Crippen LogP contribution is -2.40. The topological polar surface area (TPSA) is 35.5 Å². The molecule has 0 spiro atoms. The highest BCUT2D eigenvalue weighted by Crippen LogP contribution is 2.19. The standard InChI is InChI=1S/C16H26N2O/c1-13(16-6-8-18(2)9-7-16)17-11-14-4-3-5-15(10-14)12-19/h3-5,10,13,16-17,19H,6-9,11-12H2,1-2H3. The van der Waals surface area contributed by atoms with Crippen LogP contribution in [0.2, 0.25) is 0 Å². The van der Waals surface area contributed by atoms with Gasteiger partial charge in [0.15, 0.2) is 0 Å². The summed E-state index contributed by atoms with van der Waals surface area (Å²) in [6, 6.07) is 8.74. The summed E-state index contributed by atoms with van der Waals surface area (Å²) >= 11 is 0. The van der Waals surface area contributed by atoms with Crippen LogP contribution in [-0.2, 0) is 13.2 Å². The molecule has 2 N–H and O–H groups in total. The Morgan fingerprint density at radius 1 is 1.32 bits per heavy atom. The van der Waals surface area contributed by atoms with Crippen LogP contribution in [0.5, 0.6) is 0 Å². The molecule has 3 nitrogen and oxygen atoms in total. The van der Waals surface area contributed by atoms with E-state index in [1.165, 1.54) is 31.5 Å². The highest BCUT2D eigenvalue weighted by atomic mass is 16.3. The highest BCUT2D eigenvalue weighted by Gasteiger charge is 2.21. The lowest BCUT2D eigenvalue weighted by atomic mass is 9.90. The molecule has 1 atom stereocenters. The first-order chi connectivity index (χ1) is 9.19. The van der Waals surface area contributed by atoms with Crippen molar-refractivity contribution in [3.8, 4) is 0 Å². The molecule has 0 bridgehead atoms. The number of likely N-dealkylation sites (tertiary alicyclic amines) is 1. The molecular weight excluding hydrogens is 236 g/mol. The minimum absolute atomic E-state index is 0.123. The number of nitrogens with zero attached hydrogens (tertiary/aromatic N) is 1. The summed E-state index contributed by atoms with van der Waals surface area (Å²) in [6.45, 7) is 5.75. The quantitative estimate of drug-likeness (QED) is 0.852. The van der Waals surface area contributed by atoms with Crippen molar-refractivity contribution in [2.45, 2.75) is 39.0 Å². The van der Waals surface area contributed by atoms with Crippen LogP contribution in [0.3, 0.4) is 0 Å². The van der Waals surface area contributed by atoms with Crippen LogP contribution in [0.1, 0.15) is 30.9 Å². The number of piperidine rings is 1. The van der Waals surface area contributed by atoms with Crippen LogP contribution < -0.4 is 5.32 Å². The summed E-state index contributed by atoms with van der Waals surface area (Å²) in [5, 5.41) is 12.8. The van der Waals surface area contributed by atoms with Crippen LogP contribution in [0, 0.1) is 5.92 Å². The molecule has 1 aliphatic rings. The van der Waals surface area contributed by atoms with E-state index in [9.17, 15) is 0 Å². The molecule has 1 fully saturated rings. The van der Waals surface area contributed by atoms with Gasteiger partial charge in [0.25, 0.3) is 0 Å². The molecule has 1 saturated heterocycles. The molecule has 1 aliphatic heterocycles. The first kappa shape index (κ1) is 14.5. The van der Waals surface area contributed by atoms with Crippen molar-refractivity contribution in [3.63, 3.8) is 0 Å². The second-order valence-electron chi connectivity index (χ2n) is 5.79. The van der Waals surface area contributed by atoms with Crippen molar-refractivity contribution in [1.82, 2.24) is 10.2 Å². The molecule has 2 rings (SSSR count). The van der Waals surface area contributed by atoms with Crippen LogP contribution in [-0.4, -0.2) is 36.2 Å². The third-order valence-corrected chi connectivity index (χ3v) is 4.27. The van der Waals surface area contributed by atoms with E-state index in [0.29, 0.717) is 6.04 Å². The fraction of sp³-hybridized carbons (Fsp3) is 0.625. The van der Waals surface area contributed by atoms with Gasteiger partial charge in [-0.2, -0.15) is 0 Å². The van der Waals surface area contributed by atoms with Crippen molar-refractivity contribution in [2.75, 3.05) is 20.1 Å². The number of nitrogens with one attached hydrogen (secondary N) is 1. The van der Waals surface area contributed by atoms with E-state index in [0.717, 1.165) is 18.0 Å². The van der Waals surface area contributed by atoms with E-state index in [2.05, 4.69) is 36.3 Å². The Labute approximate surface area is 116 Å². The molecule has 1 aromatic carbocycles. The molecule has 3 heteroatoms. The van der Waals surface area contributed by atoms with Crippen molar-refractivity contribution >= 4 is 0 Å². The van der Waals surface area contributed by atoms with Gasteiger partial charge in [-0.15, -0.1) is 0 Å². The number of hydrogen-bond acceptors (Lipinski definition) is 3. The van der Waals surface area contributed by atoms with E-state index < -0.39 is 0 Å². The van der Waals surface area contributed by atoms with E-state index in [-0.39, 0.29) is 6.61 Å². The smallest absolute Gasteiger partial charge is 0.0681 e. The summed E-state index contributed by atoms with van der Waals surface area (Å²) in [6.07, 6.45) is 2.59. The molecule has 106 valence electrons. The molecule has 1 aromatic rings. The van der Waals surface area contributed by atoms with Gasteiger partial charge in [0.1, 0.15) is 0 Å². The second kappa shape index (κ2) is 7.04. The zero-order chi connectivity index (χ0) is 13.7. The number of hydrogen-bond donors (Lipinski definition) is 2. The summed E-state index contributed by atoms with van der Waals surface area (Å²) in [4.78, 5) is 2.41. The normalized spacial score (nSPS) is 19.5. The highest BCUT2D eigenvalue weighted by molar-refractivity contribution is 5.22. The van der Waals surface area contributed by atoms with E-state index in [1.54, 1.807) is 0 Å². The van der Waals surface area contributed by atoms with Gasteiger partial charge in [0, 0.05) is 12.6 Å². The molecule has 0 aromatic heterocycles. The van der Waals surface area contributed by atoms with Crippen LogP contribution in [0.25, 0.3) is 0 Å². The minimum atomic E-state index is 0.123. The predicted octanol–water partition coefficient (Wildman–Crippen LogP) is 2.00. The van der Waals surface area contributed by atoms with Crippen molar-refractivity contribution in [2.24, 2.45) is 5.92 Å². The maximum atomic E-state index is 9.14. The lowest BCUT2D eigenvalue weighted by molar-refractivity contribution is 0.189. The summed E-state index contributed by atoms with van der Waals surface area (Å²) < 4.78 is 0. The fourth-order valence-electron chi connectivity index (χ4n) is 2.81. The van der Waals surface area contributed by atoms with Gasteiger partial charge < -0.3 is 15.3 Å². The van der Waals surface area contributed by atoms with Gasteiger partial charge in [-0.3, -0.25) is 0 Å². The Balaban J connectivity index is 1.80. The largest absolute Gasteiger partial charge is 0.392 e. The van der Waals surface area contributed by atoms with Gasteiger partial charge in [0.2, 0.25) is 0 Å². The number of rotatable bonds is 5. The maximum absolute atomic E-state index is 9.14. The Morgan fingerprint density at radius 3 is 2.68 bits per heavy atom. The zero-order valence-electron chi connectivity index (χ0n) is 12.1. The molecule has 1 unspecified atom stereocenters. The molecular formula is C16H26N2O. The Bertz CT molecular complexity index is 386. The number of benzene rings is 1. The maximum Gasteiger partial charge on any atom is 0.0681 e. The second-order valence-corrected chi connectivity index (χ2v) is 5.79. The van der Waals surface area contributed by atoms with E-state index in [4.69, 9.17) is 5.11 Å². The Morgan fingerprint density at radius 2 is 2.00 bits per heavy atom. The molecule has 0 radical (unpaired) electrons. The zero-order valence-corrected chi connectivity index (χ0v) is 12.1. The minimum Gasteiger partial charge on any atom is -0.392 e. The first-order valence-corrected chi connectivity index (χ1v) is 7.29. The van der Waals surface area contributed by atoms with Crippen molar-refractivity contribution < 1.29 is 5.11 Å². The summed E-state index contributed by atoms with van der Waals surface area (Å²) in [5.74, 6) is 0.789. The van der Waals surface area contributed by atoms with E-state index in [1.807, 2.05) is 12.1 Å². The Hall–Kier alpha value is -0.900. The molecule has 19 heavy (non-hydrogen) atoms. The van der Waals surface area contributed by atoms with Crippen molar-refractivity contribution in [1.29, 1.82) is 0 Å². The molecule has 0 aliphatic carbocycles. The summed E-state index contributed by atoms with van der Waals surface area (Å²) in [7, 11) is 2.20. The molecule has 0 saturated carbocycles. The van der Waals surface area contributed by atoms with Gasteiger partial charge >= 0.3 is 0 Å². The van der Waals surface area contributed by atoms with Gasteiger partial charge in [-0.25, -0.2) is 0 Å². The summed E-state index contributed by atoms with van der Waals surface area (Å²) in [5.41, 5.74) is 2.25. The average molecular weight is 262 g/mol. The van der Waals surface area contributed by atoms with Gasteiger partial charge in [-0.05, 0) is 56.9 Å². The fourth-order valence-corrected chi connectivity index (χ4v) is 2.81. The van der Waals surface area contributed by atoms with E-state index >= 15 is 0 Å². The van der Waals surface area contributed by atoms with Crippen LogP contribution >= 0.6 is 0 Å².